The van der Waals surface area contributed by atoms with Crippen molar-refractivity contribution < 1.29 is 17.9 Å². The number of aryl methyl sites for hydroxylation is 1. The minimum Gasteiger partial charge on any atom is -0.378 e. The number of allylic oxidation sites excluding steroid dienone is 1. The van der Waals surface area contributed by atoms with E-state index in [1.165, 1.54) is 5.56 Å². The summed E-state index contributed by atoms with van der Waals surface area (Å²) in [5.41, 5.74) is 3.57. The number of hydrogen-bond acceptors (Lipinski definition) is 2. The summed E-state index contributed by atoms with van der Waals surface area (Å²) < 4.78 is 43.0. The van der Waals surface area contributed by atoms with Crippen molar-refractivity contribution in [1.29, 1.82) is 0 Å². The number of rotatable bonds is 7. The zero-order chi connectivity index (χ0) is 19.4. The quantitative estimate of drug-likeness (QED) is 0.610. The Morgan fingerprint density at radius 2 is 1.73 bits per heavy atom. The van der Waals surface area contributed by atoms with Crippen molar-refractivity contribution in [3.05, 3.63) is 54.2 Å². The van der Waals surface area contributed by atoms with Crippen LogP contribution in [0.4, 0.5) is 13.2 Å². The molecule has 0 atom stereocenters. The van der Waals surface area contributed by atoms with Crippen LogP contribution in [-0.4, -0.2) is 36.9 Å². The van der Waals surface area contributed by atoms with Gasteiger partial charge in [-0.25, -0.2) is 0 Å². The van der Waals surface area contributed by atoms with Gasteiger partial charge in [0.2, 0.25) is 0 Å². The van der Waals surface area contributed by atoms with E-state index in [9.17, 15) is 13.2 Å². The van der Waals surface area contributed by atoms with E-state index in [0.29, 0.717) is 18.8 Å². The van der Waals surface area contributed by atoms with Crippen molar-refractivity contribution >= 4 is 5.57 Å². The summed E-state index contributed by atoms with van der Waals surface area (Å²) in [5.74, 6) is 0. The molecule has 1 saturated heterocycles. The van der Waals surface area contributed by atoms with Crippen LogP contribution in [0.25, 0.3) is 5.57 Å². The van der Waals surface area contributed by atoms with Crippen LogP contribution < -0.4 is 0 Å². The Kier molecular flexibility index (Phi) is 6.56. The number of hydrogen-bond donors (Lipinski definition) is 0. The van der Waals surface area contributed by atoms with Crippen molar-refractivity contribution in [1.82, 2.24) is 4.90 Å². The molecular weight excluding hydrogens is 339 g/mol. The van der Waals surface area contributed by atoms with Gasteiger partial charge in [-0.3, -0.25) is 0 Å². The van der Waals surface area contributed by atoms with Crippen LogP contribution in [-0.2, 0) is 4.74 Å². The Morgan fingerprint density at radius 1 is 1.15 bits per heavy atom. The normalized spacial score (nSPS) is 17.2. The fourth-order valence-corrected chi connectivity index (χ4v) is 3.41. The van der Waals surface area contributed by atoms with E-state index in [1.807, 2.05) is 11.8 Å². The molecule has 1 aliphatic heterocycles. The van der Waals surface area contributed by atoms with Gasteiger partial charge in [0.1, 0.15) is 0 Å². The molecule has 0 spiro atoms. The van der Waals surface area contributed by atoms with Crippen molar-refractivity contribution in [3.8, 4) is 0 Å². The van der Waals surface area contributed by atoms with Crippen LogP contribution in [0, 0.1) is 6.92 Å². The molecule has 1 fully saturated rings. The molecule has 0 aliphatic carbocycles. The highest BCUT2D eigenvalue weighted by molar-refractivity contribution is 5.64. The molecule has 1 aromatic carbocycles. The number of halogens is 3. The van der Waals surface area contributed by atoms with Crippen LogP contribution >= 0.6 is 0 Å². The highest BCUT2D eigenvalue weighted by atomic mass is 19.4. The second-order valence-corrected chi connectivity index (χ2v) is 7.20. The van der Waals surface area contributed by atoms with Gasteiger partial charge in [-0.2, -0.15) is 13.2 Å². The van der Waals surface area contributed by atoms with Crippen molar-refractivity contribution in [2.45, 2.75) is 50.8 Å². The van der Waals surface area contributed by atoms with Crippen LogP contribution in [0.15, 0.2) is 43.1 Å². The van der Waals surface area contributed by atoms with E-state index in [4.69, 9.17) is 4.74 Å². The third-order valence-corrected chi connectivity index (χ3v) is 5.25. The van der Waals surface area contributed by atoms with Gasteiger partial charge >= 0.3 is 6.18 Å². The molecule has 1 aliphatic rings. The average Bonchev–Trinajstić information content (AvgIpc) is 2.60. The smallest absolute Gasteiger partial charge is 0.378 e. The highest BCUT2D eigenvalue weighted by Gasteiger charge is 2.36. The molecule has 26 heavy (non-hydrogen) atoms. The lowest BCUT2D eigenvalue weighted by atomic mass is 9.83. The molecule has 0 radical (unpaired) electrons. The molecule has 0 unspecified atom stereocenters. The van der Waals surface area contributed by atoms with Gasteiger partial charge in [-0.05, 0) is 37.3 Å². The Labute approximate surface area is 154 Å². The van der Waals surface area contributed by atoms with Gasteiger partial charge in [0, 0.05) is 38.7 Å². The van der Waals surface area contributed by atoms with Crippen LogP contribution in [0.5, 0.6) is 0 Å². The molecule has 0 saturated carbocycles. The lowest BCUT2D eigenvalue weighted by molar-refractivity contribution is -0.135. The second-order valence-electron chi connectivity index (χ2n) is 7.20. The molecule has 1 aromatic rings. The van der Waals surface area contributed by atoms with E-state index < -0.39 is 12.6 Å². The fraction of sp³-hybridized carbons (Fsp3) is 0.524. The standard InChI is InChI=1S/C21H28F3NO/c1-16-5-7-19(8-6-16)17(2)15-20(26-4)11-13-25(14-12-20)18(3)9-10-21(22,23)24/h5-8H,2-3,9-15H2,1,4H3. The molecule has 2 rings (SSSR count). The van der Waals surface area contributed by atoms with Crippen LogP contribution in [0.3, 0.4) is 0 Å². The lowest BCUT2D eigenvalue weighted by Gasteiger charge is -2.43. The first-order valence-corrected chi connectivity index (χ1v) is 8.94. The first-order chi connectivity index (χ1) is 12.1. The predicted molar refractivity (Wildman–Crippen MR) is 99.8 cm³/mol. The van der Waals surface area contributed by atoms with E-state index >= 15 is 0 Å². The molecule has 144 valence electrons. The summed E-state index contributed by atoms with van der Waals surface area (Å²) in [4.78, 5) is 1.96. The third-order valence-electron chi connectivity index (χ3n) is 5.25. The van der Waals surface area contributed by atoms with Crippen LogP contribution in [0.1, 0.15) is 43.2 Å². The summed E-state index contributed by atoms with van der Waals surface area (Å²) in [6.45, 7) is 11.4. The summed E-state index contributed by atoms with van der Waals surface area (Å²) in [6, 6.07) is 8.25. The van der Waals surface area contributed by atoms with Crippen molar-refractivity contribution in [3.63, 3.8) is 0 Å². The van der Waals surface area contributed by atoms with Crippen LogP contribution in [0.2, 0.25) is 0 Å². The second kappa shape index (κ2) is 8.30. The number of alkyl halides is 3. The van der Waals surface area contributed by atoms with E-state index in [-0.39, 0.29) is 12.0 Å². The number of ether oxygens (including phenoxy) is 1. The van der Waals surface area contributed by atoms with Crippen molar-refractivity contribution in [2.24, 2.45) is 0 Å². The number of methoxy groups -OCH3 is 1. The fourth-order valence-electron chi connectivity index (χ4n) is 3.41. The molecule has 0 bridgehead atoms. The van der Waals surface area contributed by atoms with Gasteiger partial charge in [-0.15, -0.1) is 0 Å². The Hall–Kier alpha value is -1.75. The number of likely N-dealkylation sites (tertiary alicyclic amines) is 1. The maximum Gasteiger partial charge on any atom is 0.389 e. The first-order valence-electron chi connectivity index (χ1n) is 8.94. The number of piperidine rings is 1. The van der Waals surface area contributed by atoms with E-state index in [2.05, 4.69) is 37.4 Å². The minimum atomic E-state index is -4.14. The zero-order valence-electron chi connectivity index (χ0n) is 15.7. The maximum absolute atomic E-state index is 12.4. The van der Waals surface area contributed by atoms with Gasteiger partial charge in [0.25, 0.3) is 0 Å². The van der Waals surface area contributed by atoms with Gasteiger partial charge in [-0.1, -0.05) is 43.0 Å². The maximum atomic E-state index is 12.4. The molecule has 5 heteroatoms. The third kappa shape index (κ3) is 5.63. The molecular formula is C21H28F3NO. The molecule has 2 nitrogen and oxygen atoms in total. The predicted octanol–water partition coefficient (Wildman–Crippen LogP) is 5.74. The zero-order valence-corrected chi connectivity index (χ0v) is 15.7. The first kappa shape index (κ1) is 20.6. The Balaban J connectivity index is 1.92. The largest absolute Gasteiger partial charge is 0.389 e. The minimum absolute atomic E-state index is 0.0421. The summed E-state index contributed by atoms with van der Waals surface area (Å²) in [6.07, 6.45) is -2.78. The molecule has 0 amide bonds. The molecule has 0 N–H and O–H groups in total. The highest BCUT2D eigenvalue weighted by Crippen LogP contribution is 2.36. The SMILES string of the molecule is C=C(CC1(OC)CCN(C(=C)CCC(F)(F)F)CC1)c1ccc(C)cc1. The summed E-state index contributed by atoms with van der Waals surface area (Å²) in [5, 5.41) is 0. The number of nitrogens with zero attached hydrogens (tertiary/aromatic N) is 1. The Morgan fingerprint density at radius 3 is 2.23 bits per heavy atom. The lowest BCUT2D eigenvalue weighted by Crippen LogP contribution is -2.45. The molecule has 1 heterocycles. The summed E-state index contributed by atoms with van der Waals surface area (Å²) >= 11 is 0. The van der Waals surface area contributed by atoms with E-state index in [0.717, 1.165) is 30.4 Å². The van der Waals surface area contributed by atoms with Gasteiger partial charge in [0.05, 0.1) is 5.60 Å². The van der Waals surface area contributed by atoms with Gasteiger partial charge < -0.3 is 9.64 Å². The average molecular weight is 367 g/mol. The van der Waals surface area contributed by atoms with Crippen molar-refractivity contribution in [2.75, 3.05) is 20.2 Å². The molecule has 0 aromatic heterocycles. The summed E-state index contributed by atoms with van der Waals surface area (Å²) in [7, 11) is 1.70. The van der Waals surface area contributed by atoms with E-state index in [1.54, 1.807) is 7.11 Å². The topological polar surface area (TPSA) is 12.5 Å². The monoisotopic (exact) mass is 367 g/mol. The van der Waals surface area contributed by atoms with Gasteiger partial charge in [0.15, 0.2) is 0 Å². The number of benzene rings is 1. The Bertz CT molecular complexity index is 626.